The second-order valence-corrected chi connectivity index (χ2v) is 9.75. The molecule has 0 bridgehead atoms. The van der Waals surface area contributed by atoms with Gasteiger partial charge in [0.05, 0.1) is 22.3 Å². The standard InChI is InChI=1S/C27H24ClF6N3O/c28-20-9-10-22(35-16-20)25(15-17-6-2-1-3-7-17,18-12-19(27(32,33)34)14-21(29)13-18)37-24(38)36-23-8-4-5-11-26(23,30)31/h1-3,6-7,9-10,12-14,16,23H,4-5,8,11,15H2,(H2,36,37,38). The first kappa shape index (κ1) is 27.8. The lowest BCUT2D eigenvalue weighted by atomic mass is 9.79. The predicted octanol–water partition coefficient (Wildman–Crippen LogP) is 7.26. The number of nitrogens with zero attached hydrogens (tertiary/aromatic N) is 1. The minimum absolute atomic E-state index is 0.0312. The molecule has 3 aromatic rings. The molecule has 2 N–H and O–H groups in total. The zero-order valence-electron chi connectivity index (χ0n) is 20.0. The van der Waals surface area contributed by atoms with E-state index < -0.39 is 47.5 Å². The molecule has 2 atom stereocenters. The smallest absolute Gasteiger partial charge is 0.329 e. The van der Waals surface area contributed by atoms with Gasteiger partial charge >= 0.3 is 12.2 Å². The first-order valence-electron chi connectivity index (χ1n) is 11.9. The van der Waals surface area contributed by atoms with E-state index in [4.69, 9.17) is 11.6 Å². The molecule has 2 unspecified atom stereocenters. The van der Waals surface area contributed by atoms with Crippen LogP contribution in [0.1, 0.15) is 48.1 Å². The number of rotatable bonds is 6. The number of halogens is 7. The molecule has 202 valence electrons. The van der Waals surface area contributed by atoms with Crippen molar-refractivity contribution in [2.75, 3.05) is 0 Å². The van der Waals surface area contributed by atoms with Crippen LogP contribution >= 0.6 is 11.6 Å². The van der Waals surface area contributed by atoms with Crippen LogP contribution in [-0.2, 0) is 18.1 Å². The van der Waals surface area contributed by atoms with Gasteiger partial charge in [0.15, 0.2) is 0 Å². The van der Waals surface area contributed by atoms with E-state index in [-0.39, 0.29) is 29.1 Å². The average molecular weight is 556 g/mol. The Morgan fingerprint density at radius 1 is 1.03 bits per heavy atom. The van der Waals surface area contributed by atoms with Gasteiger partial charge in [-0.2, -0.15) is 13.2 Å². The third-order valence-corrected chi connectivity index (χ3v) is 6.81. The number of nitrogens with one attached hydrogen (secondary N) is 2. The second-order valence-electron chi connectivity index (χ2n) is 9.31. The Hall–Kier alpha value is -3.27. The largest absolute Gasteiger partial charge is 0.416 e. The van der Waals surface area contributed by atoms with Crippen molar-refractivity contribution in [2.45, 2.75) is 55.8 Å². The van der Waals surface area contributed by atoms with E-state index in [1.54, 1.807) is 30.3 Å². The molecule has 2 aromatic carbocycles. The summed E-state index contributed by atoms with van der Waals surface area (Å²) in [7, 11) is 0. The number of alkyl halides is 5. The summed E-state index contributed by atoms with van der Waals surface area (Å²) in [6.07, 6.45) is -3.41. The maximum Gasteiger partial charge on any atom is 0.416 e. The minimum atomic E-state index is -4.89. The number of carbonyl (C=O) groups is 1. The molecule has 4 rings (SSSR count). The molecule has 0 aliphatic heterocycles. The third kappa shape index (κ3) is 6.23. The van der Waals surface area contributed by atoms with Gasteiger partial charge in [-0.15, -0.1) is 0 Å². The summed E-state index contributed by atoms with van der Waals surface area (Å²) in [4.78, 5) is 17.5. The first-order valence-corrected chi connectivity index (χ1v) is 12.3. The SMILES string of the molecule is O=C(NC1CCCCC1(F)F)NC(Cc1ccccc1)(c1cc(F)cc(C(F)(F)F)c1)c1ccc(Cl)cn1. The molecule has 0 radical (unpaired) electrons. The fourth-order valence-corrected chi connectivity index (χ4v) is 4.82. The molecule has 38 heavy (non-hydrogen) atoms. The van der Waals surface area contributed by atoms with Crippen LogP contribution in [-0.4, -0.2) is 23.0 Å². The van der Waals surface area contributed by atoms with Gasteiger partial charge in [0.2, 0.25) is 0 Å². The quantitative estimate of drug-likeness (QED) is 0.315. The van der Waals surface area contributed by atoms with E-state index in [0.717, 1.165) is 12.1 Å². The van der Waals surface area contributed by atoms with Crippen molar-refractivity contribution in [1.29, 1.82) is 0 Å². The fraction of sp³-hybridized carbons (Fsp3) is 0.333. The maximum absolute atomic E-state index is 14.6. The molecule has 2 amide bonds. The molecule has 1 heterocycles. The molecule has 1 saturated carbocycles. The van der Waals surface area contributed by atoms with Crippen molar-refractivity contribution < 1.29 is 31.1 Å². The Kier molecular flexibility index (Phi) is 7.92. The molecule has 11 heteroatoms. The van der Waals surface area contributed by atoms with E-state index >= 15 is 0 Å². The van der Waals surface area contributed by atoms with Gasteiger partial charge in [0, 0.05) is 19.0 Å². The van der Waals surface area contributed by atoms with Crippen LogP contribution in [0.2, 0.25) is 5.02 Å². The van der Waals surface area contributed by atoms with Gasteiger partial charge in [-0.1, -0.05) is 48.4 Å². The minimum Gasteiger partial charge on any atom is -0.329 e. The summed E-state index contributed by atoms with van der Waals surface area (Å²) >= 11 is 5.99. The number of pyridine rings is 1. The molecular weight excluding hydrogens is 532 g/mol. The number of hydrogen-bond acceptors (Lipinski definition) is 2. The van der Waals surface area contributed by atoms with E-state index in [2.05, 4.69) is 15.6 Å². The summed E-state index contributed by atoms with van der Waals surface area (Å²) in [6.45, 7) is 0. The number of carbonyl (C=O) groups excluding carboxylic acids is 1. The van der Waals surface area contributed by atoms with Crippen LogP contribution in [0.15, 0.2) is 66.9 Å². The predicted molar refractivity (Wildman–Crippen MR) is 130 cm³/mol. The van der Waals surface area contributed by atoms with Crippen molar-refractivity contribution in [1.82, 2.24) is 15.6 Å². The molecular formula is C27H24ClF6N3O. The Balaban J connectivity index is 1.87. The van der Waals surface area contributed by atoms with Crippen LogP contribution < -0.4 is 10.6 Å². The molecule has 0 spiro atoms. The highest BCUT2D eigenvalue weighted by atomic mass is 35.5. The number of amides is 2. The van der Waals surface area contributed by atoms with E-state index in [1.165, 1.54) is 18.3 Å². The van der Waals surface area contributed by atoms with Crippen LogP contribution in [0.5, 0.6) is 0 Å². The highest BCUT2D eigenvalue weighted by Gasteiger charge is 2.45. The van der Waals surface area contributed by atoms with Gasteiger partial charge in [-0.25, -0.2) is 18.0 Å². The Morgan fingerprint density at radius 2 is 1.74 bits per heavy atom. The van der Waals surface area contributed by atoms with Crippen LogP contribution in [0.3, 0.4) is 0 Å². The number of urea groups is 1. The normalized spacial score (nSPS) is 18.9. The molecule has 1 aromatic heterocycles. The molecule has 0 saturated heterocycles. The average Bonchev–Trinajstić information content (AvgIpc) is 2.85. The van der Waals surface area contributed by atoms with Gasteiger partial charge in [-0.05, 0) is 54.3 Å². The zero-order valence-corrected chi connectivity index (χ0v) is 20.7. The van der Waals surface area contributed by atoms with Crippen LogP contribution in [0.25, 0.3) is 0 Å². The highest BCUT2D eigenvalue weighted by molar-refractivity contribution is 6.30. The Bertz CT molecular complexity index is 1270. The zero-order chi connectivity index (χ0) is 27.6. The molecule has 1 aliphatic carbocycles. The third-order valence-electron chi connectivity index (χ3n) is 6.59. The summed E-state index contributed by atoms with van der Waals surface area (Å²) in [5.41, 5.74) is -2.84. The lowest BCUT2D eigenvalue weighted by molar-refractivity contribution is -0.137. The Morgan fingerprint density at radius 3 is 2.37 bits per heavy atom. The maximum atomic E-state index is 14.6. The van der Waals surface area contributed by atoms with E-state index in [0.29, 0.717) is 24.5 Å². The number of hydrogen-bond donors (Lipinski definition) is 2. The van der Waals surface area contributed by atoms with Gasteiger partial charge in [-0.3, -0.25) is 4.98 Å². The topological polar surface area (TPSA) is 54.0 Å². The summed E-state index contributed by atoms with van der Waals surface area (Å²) in [5, 5.41) is 5.10. The van der Waals surface area contributed by atoms with Crippen molar-refractivity contribution in [3.63, 3.8) is 0 Å². The fourth-order valence-electron chi connectivity index (χ4n) is 4.71. The van der Waals surface area contributed by atoms with Crippen molar-refractivity contribution >= 4 is 17.6 Å². The lowest BCUT2D eigenvalue weighted by Gasteiger charge is -2.37. The monoisotopic (exact) mass is 555 g/mol. The number of aromatic nitrogens is 1. The highest BCUT2D eigenvalue weighted by Crippen LogP contribution is 2.38. The summed E-state index contributed by atoms with van der Waals surface area (Å²) in [6, 6.07) is 10.6. The van der Waals surface area contributed by atoms with Crippen LogP contribution in [0.4, 0.5) is 31.1 Å². The molecule has 4 nitrogen and oxygen atoms in total. The van der Waals surface area contributed by atoms with Crippen LogP contribution in [0, 0.1) is 5.82 Å². The lowest BCUT2D eigenvalue weighted by Crippen LogP contribution is -2.58. The second kappa shape index (κ2) is 10.8. The Labute approximate surface area is 220 Å². The molecule has 1 aliphatic rings. The van der Waals surface area contributed by atoms with E-state index in [9.17, 15) is 31.1 Å². The molecule has 1 fully saturated rings. The van der Waals surface area contributed by atoms with Crippen molar-refractivity contribution in [3.05, 3.63) is 100 Å². The van der Waals surface area contributed by atoms with Gasteiger partial charge in [0.1, 0.15) is 11.4 Å². The van der Waals surface area contributed by atoms with E-state index in [1.807, 2.05) is 0 Å². The van der Waals surface area contributed by atoms with Crippen molar-refractivity contribution in [3.8, 4) is 0 Å². The first-order chi connectivity index (χ1) is 17.9. The summed E-state index contributed by atoms with van der Waals surface area (Å²) < 4.78 is 84.7. The summed E-state index contributed by atoms with van der Waals surface area (Å²) in [5.74, 6) is -4.35. The van der Waals surface area contributed by atoms with Gasteiger partial charge < -0.3 is 10.6 Å². The van der Waals surface area contributed by atoms with Crippen molar-refractivity contribution in [2.24, 2.45) is 0 Å². The number of benzene rings is 2. The van der Waals surface area contributed by atoms with Gasteiger partial charge in [0.25, 0.3) is 5.92 Å².